The number of carbonyl (C=O) groups is 2. The predicted molar refractivity (Wildman–Crippen MR) is 54.6 cm³/mol. The number of rotatable bonds is 5. The van der Waals surface area contributed by atoms with Gasteiger partial charge in [-0.25, -0.2) is 8.78 Å². The molecule has 0 heterocycles. The number of carboxylic acid groups (broad SMARTS) is 1. The van der Waals surface area contributed by atoms with Crippen molar-refractivity contribution in [1.29, 1.82) is 0 Å². The lowest BCUT2D eigenvalue weighted by Crippen LogP contribution is -2.48. The summed E-state index contributed by atoms with van der Waals surface area (Å²) in [5, 5.41) is 8.85. The first kappa shape index (κ1) is 12.3. The molecule has 2 aliphatic carbocycles. The normalized spacial score (nSPS) is 27.7. The minimum atomic E-state index is -2.55. The predicted octanol–water partition coefficient (Wildman–Crippen LogP) is 1.35. The van der Waals surface area contributed by atoms with Crippen molar-refractivity contribution in [2.75, 3.05) is 6.54 Å². The molecule has 0 saturated heterocycles. The van der Waals surface area contributed by atoms with Crippen LogP contribution in [0.3, 0.4) is 0 Å². The molecule has 0 aromatic rings. The maximum absolute atomic E-state index is 12.4. The third kappa shape index (κ3) is 2.56. The van der Waals surface area contributed by atoms with E-state index in [1.807, 2.05) is 0 Å². The van der Waals surface area contributed by atoms with Crippen LogP contribution in [-0.4, -0.2) is 40.9 Å². The first-order chi connectivity index (χ1) is 8.00. The smallest absolute Gasteiger partial charge is 0.307 e. The molecule has 2 unspecified atom stereocenters. The molecule has 96 valence electrons. The molecular formula is C11H15F2NO3. The zero-order valence-electron chi connectivity index (χ0n) is 9.31. The quantitative estimate of drug-likeness (QED) is 0.797. The zero-order valence-corrected chi connectivity index (χ0v) is 9.31. The minimum Gasteiger partial charge on any atom is -0.481 e. The van der Waals surface area contributed by atoms with Crippen LogP contribution < -0.4 is 0 Å². The van der Waals surface area contributed by atoms with E-state index >= 15 is 0 Å². The third-order valence-electron chi connectivity index (χ3n) is 3.51. The van der Waals surface area contributed by atoms with Crippen LogP contribution in [0, 0.1) is 11.8 Å². The molecular weight excluding hydrogens is 232 g/mol. The van der Waals surface area contributed by atoms with Crippen LogP contribution in [0.4, 0.5) is 8.78 Å². The number of nitrogens with zero attached hydrogens (tertiary/aromatic N) is 1. The summed E-state index contributed by atoms with van der Waals surface area (Å²) in [6.07, 6.45) is -0.0737. The van der Waals surface area contributed by atoms with Crippen molar-refractivity contribution in [2.45, 2.75) is 38.2 Å². The standard InChI is InChI=1S/C11H15F2NO3/c12-9(13)5-14(6-1-2-6)10(15)7-3-4-8(7)11(16)17/h6-9H,1-5H2,(H,16,17). The van der Waals surface area contributed by atoms with Gasteiger partial charge in [-0.3, -0.25) is 9.59 Å². The van der Waals surface area contributed by atoms with E-state index in [9.17, 15) is 18.4 Å². The summed E-state index contributed by atoms with van der Waals surface area (Å²) in [4.78, 5) is 24.0. The van der Waals surface area contributed by atoms with Crippen molar-refractivity contribution >= 4 is 11.9 Å². The van der Waals surface area contributed by atoms with Crippen molar-refractivity contribution in [3.05, 3.63) is 0 Å². The molecule has 0 aromatic carbocycles. The highest BCUT2D eigenvalue weighted by atomic mass is 19.3. The van der Waals surface area contributed by atoms with E-state index in [1.165, 1.54) is 4.90 Å². The van der Waals surface area contributed by atoms with E-state index in [0.29, 0.717) is 12.8 Å². The Bertz CT molecular complexity index is 331. The van der Waals surface area contributed by atoms with Crippen molar-refractivity contribution < 1.29 is 23.5 Å². The highest BCUT2D eigenvalue weighted by Gasteiger charge is 2.46. The lowest BCUT2D eigenvalue weighted by atomic mass is 9.73. The van der Waals surface area contributed by atoms with Gasteiger partial charge in [-0.2, -0.15) is 0 Å². The molecule has 2 aliphatic rings. The monoisotopic (exact) mass is 247 g/mol. The van der Waals surface area contributed by atoms with Gasteiger partial charge in [-0.15, -0.1) is 0 Å². The molecule has 0 aromatic heterocycles. The fraction of sp³-hybridized carbons (Fsp3) is 0.818. The average molecular weight is 247 g/mol. The van der Waals surface area contributed by atoms with E-state index < -0.39 is 36.7 Å². The van der Waals surface area contributed by atoms with Gasteiger partial charge >= 0.3 is 5.97 Å². The molecule has 1 amide bonds. The third-order valence-corrected chi connectivity index (χ3v) is 3.51. The molecule has 0 aliphatic heterocycles. The highest BCUT2D eigenvalue weighted by molar-refractivity contribution is 5.86. The summed E-state index contributed by atoms with van der Waals surface area (Å²) in [7, 11) is 0. The van der Waals surface area contributed by atoms with Gasteiger partial charge in [0.05, 0.1) is 18.4 Å². The van der Waals surface area contributed by atoms with Gasteiger partial charge in [-0.1, -0.05) is 0 Å². The topological polar surface area (TPSA) is 57.6 Å². The van der Waals surface area contributed by atoms with Gasteiger partial charge in [-0.05, 0) is 25.7 Å². The lowest BCUT2D eigenvalue weighted by Gasteiger charge is -2.36. The van der Waals surface area contributed by atoms with Crippen LogP contribution in [0.1, 0.15) is 25.7 Å². The maximum Gasteiger partial charge on any atom is 0.307 e. The van der Waals surface area contributed by atoms with Crippen LogP contribution in [-0.2, 0) is 9.59 Å². The fourth-order valence-corrected chi connectivity index (χ4v) is 2.26. The molecule has 2 rings (SSSR count). The van der Waals surface area contributed by atoms with Crippen LogP contribution in [0.5, 0.6) is 0 Å². The summed E-state index contributed by atoms with van der Waals surface area (Å²) < 4.78 is 24.7. The van der Waals surface area contributed by atoms with Gasteiger partial charge in [0.25, 0.3) is 6.43 Å². The number of amides is 1. The van der Waals surface area contributed by atoms with Gasteiger partial charge in [0.1, 0.15) is 0 Å². The van der Waals surface area contributed by atoms with Crippen molar-refractivity contribution in [1.82, 2.24) is 4.90 Å². The second kappa shape index (κ2) is 4.58. The minimum absolute atomic E-state index is 0.0912. The van der Waals surface area contributed by atoms with Gasteiger partial charge in [0, 0.05) is 6.04 Å². The summed E-state index contributed by atoms with van der Waals surface area (Å²) in [5.41, 5.74) is 0. The summed E-state index contributed by atoms with van der Waals surface area (Å²) in [6, 6.07) is -0.0912. The molecule has 6 heteroatoms. The second-order valence-corrected chi connectivity index (χ2v) is 4.74. The average Bonchev–Trinajstić information content (AvgIpc) is 2.93. The maximum atomic E-state index is 12.4. The van der Waals surface area contributed by atoms with E-state index in [1.54, 1.807) is 0 Å². The Labute approximate surface area is 97.6 Å². The summed E-state index contributed by atoms with van der Waals surface area (Å²) in [5.74, 6) is -2.66. The Morgan fingerprint density at radius 1 is 1.18 bits per heavy atom. The fourth-order valence-electron chi connectivity index (χ4n) is 2.26. The molecule has 0 radical (unpaired) electrons. The Kier molecular flexibility index (Phi) is 3.31. The molecule has 4 nitrogen and oxygen atoms in total. The molecule has 2 saturated carbocycles. The van der Waals surface area contributed by atoms with Crippen LogP contribution in [0.2, 0.25) is 0 Å². The molecule has 1 N–H and O–H groups in total. The van der Waals surface area contributed by atoms with Crippen LogP contribution in [0.15, 0.2) is 0 Å². The van der Waals surface area contributed by atoms with E-state index in [0.717, 1.165) is 12.8 Å². The Hall–Kier alpha value is -1.20. The number of carbonyl (C=O) groups excluding carboxylic acids is 1. The number of hydrogen-bond donors (Lipinski definition) is 1. The largest absolute Gasteiger partial charge is 0.481 e. The number of alkyl halides is 2. The zero-order chi connectivity index (χ0) is 12.6. The van der Waals surface area contributed by atoms with Crippen molar-refractivity contribution in [2.24, 2.45) is 11.8 Å². The molecule has 0 spiro atoms. The summed E-state index contributed by atoms with van der Waals surface area (Å²) in [6.45, 7) is -0.563. The Morgan fingerprint density at radius 2 is 1.76 bits per heavy atom. The molecule has 0 bridgehead atoms. The molecule has 2 fully saturated rings. The van der Waals surface area contributed by atoms with Gasteiger partial charge in [0.2, 0.25) is 5.91 Å². The molecule has 2 atom stereocenters. The first-order valence-corrected chi connectivity index (χ1v) is 5.82. The lowest BCUT2D eigenvalue weighted by molar-refractivity contribution is -0.157. The van der Waals surface area contributed by atoms with Crippen LogP contribution in [0.25, 0.3) is 0 Å². The molecule has 17 heavy (non-hydrogen) atoms. The van der Waals surface area contributed by atoms with E-state index in [-0.39, 0.29) is 6.04 Å². The number of halogens is 2. The van der Waals surface area contributed by atoms with Gasteiger partial charge in [0.15, 0.2) is 0 Å². The summed E-state index contributed by atoms with van der Waals surface area (Å²) >= 11 is 0. The van der Waals surface area contributed by atoms with Crippen LogP contribution >= 0.6 is 0 Å². The van der Waals surface area contributed by atoms with Crippen molar-refractivity contribution in [3.8, 4) is 0 Å². The highest BCUT2D eigenvalue weighted by Crippen LogP contribution is 2.38. The SMILES string of the molecule is O=C(O)C1CCC1C(=O)N(CC(F)F)C1CC1. The van der Waals surface area contributed by atoms with E-state index in [4.69, 9.17) is 5.11 Å². The Morgan fingerprint density at radius 3 is 2.12 bits per heavy atom. The number of hydrogen-bond acceptors (Lipinski definition) is 2. The van der Waals surface area contributed by atoms with Crippen molar-refractivity contribution in [3.63, 3.8) is 0 Å². The van der Waals surface area contributed by atoms with E-state index in [2.05, 4.69) is 0 Å². The Balaban J connectivity index is 1.98. The number of aliphatic carboxylic acids is 1. The first-order valence-electron chi connectivity index (χ1n) is 5.82. The number of carboxylic acids is 1. The second-order valence-electron chi connectivity index (χ2n) is 4.74. The van der Waals surface area contributed by atoms with Gasteiger partial charge < -0.3 is 10.0 Å².